The molecular weight excluding hydrogens is 224 g/mol. The second kappa shape index (κ2) is 6.51. The molecule has 88 valence electrons. The van der Waals surface area contributed by atoms with Crippen molar-refractivity contribution < 1.29 is 4.74 Å². The highest BCUT2D eigenvalue weighted by atomic mass is 35.5. The summed E-state index contributed by atoms with van der Waals surface area (Å²) in [7, 11) is 0. The van der Waals surface area contributed by atoms with Gasteiger partial charge in [-0.1, -0.05) is 11.6 Å². The lowest BCUT2D eigenvalue weighted by Crippen LogP contribution is -2.19. The first-order valence-corrected chi connectivity index (χ1v) is 5.67. The van der Waals surface area contributed by atoms with E-state index < -0.39 is 0 Å². The molecule has 0 radical (unpaired) electrons. The van der Waals surface area contributed by atoms with Crippen molar-refractivity contribution in [3.05, 3.63) is 35.1 Å². The molecule has 1 heterocycles. The Kier molecular flexibility index (Phi) is 5.29. The van der Waals surface area contributed by atoms with Gasteiger partial charge in [-0.25, -0.2) is 0 Å². The van der Waals surface area contributed by atoms with E-state index in [0.29, 0.717) is 13.0 Å². The minimum Gasteiger partial charge on any atom is -0.488 e. The first-order chi connectivity index (χ1) is 7.63. The smallest absolute Gasteiger partial charge is 0.141 e. The Morgan fingerprint density at radius 3 is 2.94 bits per heavy atom. The van der Waals surface area contributed by atoms with Gasteiger partial charge in [0.1, 0.15) is 12.4 Å². The summed E-state index contributed by atoms with van der Waals surface area (Å²) in [6.45, 7) is 4.35. The van der Waals surface area contributed by atoms with E-state index in [1.807, 2.05) is 26.0 Å². The van der Waals surface area contributed by atoms with Crippen molar-refractivity contribution in [2.75, 3.05) is 6.61 Å². The number of halogens is 1. The summed E-state index contributed by atoms with van der Waals surface area (Å²) in [6, 6.07) is 3.91. The van der Waals surface area contributed by atoms with Gasteiger partial charge in [-0.2, -0.15) is 0 Å². The SMILES string of the molecule is Cc1ccc(OCC=CCl)c(CC(C)N)n1. The Morgan fingerprint density at radius 1 is 1.56 bits per heavy atom. The van der Waals surface area contributed by atoms with E-state index in [9.17, 15) is 0 Å². The van der Waals surface area contributed by atoms with Crippen LogP contribution in [0.5, 0.6) is 5.75 Å². The molecule has 1 rings (SSSR count). The van der Waals surface area contributed by atoms with Crippen molar-refractivity contribution in [2.24, 2.45) is 5.73 Å². The van der Waals surface area contributed by atoms with Crippen LogP contribution in [0, 0.1) is 6.92 Å². The monoisotopic (exact) mass is 240 g/mol. The first-order valence-electron chi connectivity index (χ1n) is 5.23. The third-order valence-corrected chi connectivity index (χ3v) is 2.19. The molecule has 1 atom stereocenters. The Balaban J connectivity index is 2.80. The number of nitrogens with zero attached hydrogens (tertiary/aromatic N) is 1. The van der Waals surface area contributed by atoms with Crippen molar-refractivity contribution in [3.63, 3.8) is 0 Å². The maximum Gasteiger partial charge on any atom is 0.141 e. The fourth-order valence-electron chi connectivity index (χ4n) is 1.35. The largest absolute Gasteiger partial charge is 0.488 e. The minimum atomic E-state index is 0.0696. The van der Waals surface area contributed by atoms with Crippen molar-refractivity contribution in [2.45, 2.75) is 26.3 Å². The zero-order valence-electron chi connectivity index (χ0n) is 9.61. The summed E-state index contributed by atoms with van der Waals surface area (Å²) in [6.07, 6.45) is 2.44. The summed E-state index contributed by atoms with van der Waals surface area (Å²) < 4.78 is 5.54. The second-order valence-corrected chi connectivity index (χ2v) is 4.00. The number of hydrogen-bond acceptors (Lipinski definition) is 3. The van der Waals surface area contributed by atoms with Gasteiger partial charge in [-0.3, -0.25) is 4.98 Å². The Hall–Kier alpha value is -1.06. The summed E-state index contributed by atoms with van der Waals surface area (Å²) in [4.78, 5) is 4.43. The molecule has 1 unspecified atom stereocenters. The molecule has 0 amide bonds. The molecule has 0 aliphatic carbocycles. The molecule has 0 saturated carbocycles. The Morgan fingerprint density at radius 2 is 2.31 bits per heavy atom. The summed E-state index contributed by atoms with van der Waals surface area (Å²) >= 11 is 5.42. The van der Waals surface area contributed by atoms with E-state index in [4.69, 9.17) is 22.1 Å². The van der Waals surface area contributed by atoms with E-state index in [0.717, 1.165) is 17.1 Å². The minimum absolute atomic E-state index is 0.0696. The van der Waals surface area contributed by atoms with Crippen LogP contribution < -0.4 is 10.5 Å². The topological polar surface area (TPSA) is 48.1 Å². The number of aromatic nitrogens is 1. The fraction of sp³-hybridized carbons (Fsp3) is 0.417. The lowest BCUT2D eigenvalue weighted by molar-refractivity contribution is 0.355. The molecule has 0 fully saturated rings. The number of aryl methyl sites for hydroxylation is 1. The number of pyridine rings is 1. The summed E-state index contributed by atoms with van der Waals surface area (Å²) in [5, 5.41) is 0. The van der Waals surface area contributed by atoms with Gasteiger partial charge in [-0.05, 0) is 32.1 Å². The molecule has 4 heteroatoms. The van der Waals surface area contributed by atoms with Gasteiger partial charge in [0, 0.05) is 23.7 Å². The molecule has 0 aliphatic heterocycles. The summed E-state index contributed by atoms with van der Waals surface area (Å²) in [5.74, 6) is 0.776. The number of nitrogens with two attached hydrogens (primary N) is 1. The zero-order chi connectivity index (χ0) is 12.0. The van der Waals surface area contributed by atoms with E-state index in [1.165, 1.54) is 5.54 Å². The maximum absolute atomic E-state index is 5.77. The van der Waals surface area contributed by atoms with Crippen LogP contribution in [0.25, 0.3) is 0 Å². The van der Waals surface area contributed by atoms with E-state index in [1.54, 1.807) is 6.08 Å². The lowest BCUT2D eigenvalue weighted by atomic mass is 10.1. The van der Waals surface area contributed by atoms with Crippen LogP contribution in [-0.2, 0) is 6.42 Å². The predicted molar refractivity (Wildman–Crippen MR) is 66.8 cm³/mol. The molecule has 2 N–H and O–H groups in total. The standard InChI is InChI=1S/C12H17ClN2O/c1-9(14)8-11-12(16-7-3-6-13)5-4-10(2)15-11/h3-6,9H,7-8,14H2,1-2H3. The van der Waals surface area contributed by atoms with Gasteiger partial charge in [0.05, 0.1) is 5.69 Å². The molecule has 1 aromatic heterocycles. The Bertz CT molecular complexity index is 364. The number of ether oxygens (including phenoxy) is 1. The zero-order valence-corrected chi connectivity index (χ0v) is 10.4. The third kappa shape index (κ3) is 4.21. The van der Waals surface area contributed by atoms with Gasteiger partial charge < -0.3 is 10.5 Å². The van der Waals surface area contributed by atoms with Crippen LogP contribution in [0.1, 0.15) is 18.3 Å². The van der Waals surface area contributed by atoms with Gasteiger partial charge >= 0.3 is 0 Å². The maximum atomic E-state index is 5.77. The average molecular weight is 241 g/mol. The third-order valence-electron chi connectivity index (χ3n) is 2.01. The Labute approximate surface area is 101 Å². The average Bonchev–Trinajstić information content (AvgIpc) is 2.20. The molecule has 0 bridgehead atoms. The molecule has 0 saturated heterocycles. The van der Waals surface area contributed by atoms with Gasteiger partial charge in [0.2, 0.25) is 0 Å². The van der Waals surface area contributed by atoms with Crippen molar-refractivity contribution in [1.82, 2.24) is 4.98 Å². The van der Waals surface area contributed by atoms with Crippen LogP contribution in [0.2, 0.25) is 0 Å². The highest BCUT2D eigenvalue weighted by molar-refractivity contribution is 6.25. The van der Waals surface area contributed by atoms with Gasteiger partial charge in [0.15, 0.2) is 0 Å². The van der Waals surface area contributed by atoms with Crippen LogP contribution in [0.4, 0.5) is 0 Å². The van der Waals surface area contributed by atoms with Gasteiger partial charge in [0.25, 0.3) is 0 Å². The van der Waals surface area contributed by atoms with Crippen LogP contribution >= 0.6 is 11.6 Å². The van der Waals surface area contributed by atoms with Crippen molar-refractivity contribution in [1.29, 1.82) is 0 Å². The second-order valence-electron chi connectivity index (χ2n) is 3.75. The predicted octanol–water partition coefficient (Wildman–Crippen LogP) is 2.41. The number of rotatable bonds is 5. The van der Waals surface area contributed by atoms with Crippen LogP contribution in [0.15, 0.2) is 23.7 Å². The molecule has 0 spiro atoms. The highest BCUT2D eigenvalue weighted by Crippen LogP contribution is 2.18. The van der Waals surface area contributed by atoms with Crippen molar-refractivity contribution >= 4 is 11.6 Å². The fourth-order valence-corrected chi connectivity index (χ4v) is 1.43. The molecule has 0 aromatic carbocycles. The van der Waals surface area contributed by atoms with Crippen molar-refractivity contribution in [3.8, 4) is 5.75 Å². The number of hydrogen-bond donors (Lipinski definition) is 1. The molecular formula is C12H17ClN2O. The first kappa shape index (κ1) is 13.0. The quantitative estimate of drug-likeness (QED) is 0.860. The van der Waals surface area contributed by atoms with E-state index in [-0.39, 0.29) is 6.04 Å². The lowest BCUT2D eigenvalue weighted by Gasteiger charge is -2.11. The summed E-state index contributed by atoms with van der Waals surface area (Å²) in [5.41, 5.74) is 9.07. The van der Waals surface area contributed by atoms with Crippen LogP contribution in [0.3, 0.4) is 0 Å². The molecule has 3 nitrogen and oxygen atoms in total. The van der Waals surface area contributed by atoms with E-state index in [2.05, 4.69) is 4.98 Å². The molecule has 1 aromatic rings. The molecule has 16 heavy (non-hydrogen) atoms. The molecule has 0 aliphatic rings. The normalized spacial score (nSPS) is 13.0. The van der Waals surface area contributed by atoms with E-state index >= 15 is 0 Å². The van der Waals surface area contributed by atoms with Gasteiger partial charge in [-0.15, -0.1) is 0 Å². The highest BCUT2D eigenvalue weighted by Gasteiger charge is 2.07. The van der Waals surface area contributed by atoms with Crippen LogP contribution in [-0.4, -0.2) is 17.6 Å².